The fraction of sp³-hybridized carbons (Fsp3) is 0.474. The molecule has 0 atom stereocenters. The monoisotopic (exact) mass is 326 g/mol. The first kappa shape index (κ1) is 16.6. The molecule has 0 radical (unpaired) electrons. The number of nitrogens with one attached hydrogen (secondary N) is 2. The second-order valence-corrected chi connectivity index (χ2v) is 6.63. The van der Waals surface area contributed by atoms with Crippen molar-refractivity contribution < 1.29 is 4.74 Å². The zero-order valence-electron chi connectivity index (χ0n) is 14.7. The van der Waals surface area contributed by atoms with Crippen molar-refractivity contribution in [3.05, 3.63) is 36.0 Å². The van der Waals surface area contributed by atoms with Gasteiger partial charge in [0.05, 0.1) is 11.8 Å². The van der Waals surface area contributed by atoms with Crippen LogP contribution in [0.1, 0.15) is 45.2 Å². The van der Waals surface area contributed by atoms with Crippen molar-refractivity contribution in [3.8, 4) is 5.75 Å². The van der Waals surface area contributed by atoms with Gasteiger partial charge in [0, 0.05) is 17.8 Å². The Morgan fingerprint density at radius 3 is 2.62 bits per heavy atom. The molecule has 2 aromatic rings. The lowest BCUT2D eigenvalue weighted by Gasteiger charge is -2.16. The lowest BCUT2D eigenvalue weighted by atomic mass is 10.2. The van der Waals surface area contributed by atoms with E-state index < -0.39 is 0 Å². The van der Waals surface area contributed by atoms with Crippen LogP contribution in [0.5, 0.6) is 5.75 Å². The van der Waals surface area contributed by atoms with Crippen LogP contribution in [0, 0.1) is 6.92 Å². The van der Waals surface area contributed by atoms with Crippen molar-refractivity contribution in [2.45, 2.75) is 58.6 Å². The van der Waals surface area contributed by atoms with E-state index in [1.807, 2.05) is 51.1 Å². The highest BCUT2D eigenvalue weighted by Crippen LogP contribution is 2.28. The molecule has 0 bridgehead atoms. The Labute approximate surface area is 143 Å². The third-order valence-electron chi connectivity index (χ3n) is 4.06. The molecular weight excluding hydrogens is 300 g/mol. The van der Waals surface area contributed by atoms with E-state index in [2.05, 4.69) is 20.6 Å². The SMILES string of the molecule is Cc1cc(Nc2ccccc2OC(C)C)nc(NC2CCCC2)n1. The number of nitrogens with zero attached hydrogens (tertiary/aromatic N) is 2. The summed E-state index contributed by atoms with van der Waals surface area (Å²) in [6.45, 7) is 6.04. The first-order valence-electron chi connectivity index (χ1n) is 8.75. The van der Waals surface area contributed by atoms with Crippen LogP contribution in [-0.2, 0) is 0 Å². The van der Waals surface area contributed by atoms with Gasteiger partial charge in [-0.05, 0) is 45.7 Å². The summed E-state index contributed by atoms with van der Waals surface area (Å²) in [5, 5.41) is 6.83. The highest BCUT2D eigenvalue weighted by Gasteiger charge is 2.16. The number of rotatable bonds is 6. The molecule has 1 aromatic carbocycles. The normalized spacial score (nSPS) is 14.8. The van der Waals surface area contributed by atoms with Gasteiger partial charge in [0.15, 0.2) is 0 Å². The van der Waals surface area contributed by atoms with Gasteiger partial charge >= 0.3 is 0 Å². The topological polar surface area (TPSA) is 59.1 Å². The van der Waals surface area contributed by atoms with Gasteiger partial charge in [0.25, 0.3) is 0 Å². The van der Waals surface area contributed by atoms with Gasteiger partial charge in [-0.15, -0.1) is 0 Å². The van der Waals surface area contributed by atoms with E-state index in [4.69, 9.17) is 4.74 Å². The maximum atomic E-state index is 5.86. The van der Waals surface area contributed by atoms with E-state index in [1.165, 1.54) is 25.7 Å². The van der Waals surface area contributed by atoms with E-state index >= 15 is 0 Å². The van der Waals surface area contributed by atoms with Crippen molar-refractivity contribution in [3.63, 3.8) is 0 Å². The van der Waals surface area contributed by atoms with Crippen LogP contribution in [0.2, 0.25) is 0 Å². The van der Waals surface area contributed by atoms with Crippen LogP contribution in [0.4, 0.5) is 17.5 Å². The standard InChI is InChI=1S/C19H26N4O/c1-13(2)24-17-11-7-6-10-16(17)22-18-12-14(3)20-19(23-18)21-15-8-4-5-9-15/h6-7,10-13,15H,4-5,8-9H2,1-3H3,(H2,20,21,22,23). The van der Waals surface area contributed by atoms with Crippen LogP contribution >= 0.6 is 0 Å². The molecule has 2 N–H and O–H groups in total. The molecule has 128 valence electrons. The fourth-order valence-corrected chi connectivity index (χ4v) is 3.01. The van der Waals surface area contributed by atoms with Crippen molar-refractivity contribution in [2.75, 3.05) is 10.6 Å². The first-order chi connectivity index (χ1) is 11.6. The quantitative estimate of drug-likeness (QED) is 0.808. The molecule has 0 unspecified atom stereocenters. The van der Waals surface area contributed by atoms with Crippen LogP contribution in [0.15, 0.2) is 30.3 Å². The summed E-state index contributed by atoms with van der Waals surface area (Å²) in [4.78, 5) is 9.14. The van der Waals surface area contributed by atoms with Crippen LogP contribution < -0.4 is 15.4 Å². The van der Waals surface area contributed by atoms with Crippen molar-refractivity contribution in [1.29, 1.82) is 0 Å². The Morgan fingerprint density at radius 1 is 1.12 bits per heavy atom. The Hall–Kier alpha value is -2.30. The number of aromatic nitrogens is 2. The smallest absolute Gasteiger partial charge is 0.225 e. The molecule has 1 heterocycles. The molecule has 0 aliphatic heterocycles. The van der Waals surface area contributed by atoms with E-state index in [1.54, 1.807) is 0 Å². The molecule has 24 heavy (non-hydrogen) atoms. The number of hydrogen-bond acceptors (Lipinski definition) is 5. The molecule has 0 spiro atoms. The average Bonchev–Trinajstić information content (AvgIpc) is 3.01. The molecule has 1 aromatic heterocycles. The molecule has 1 fully saturated rings. The van der Waals surface area contributed by atoms with Crippen molar-refractivity contribution in [1.82, 2.24) is 9.97 Å². The van der Waals surface area contributed by atoms with Gasteiger partial charge < -0.3 is 15.4 Å². The second kappa shape index (κ2) is 7.51. The zero-order chi connectivity index (χ0) is 16.9. The lowest BCUT2D eigenvalue weighted by molar-refractivity contribution is 0.244. The minimum absolute atomic E-state index is 0.125. The summed E-state index contributed by atoms with van der Waals surface area (Å²) in [6.07, 6.45) is 5.10. The molecule has 1 aliphatic rings. The summed E-state index contributed by atoms with van der Waals surface area (Å²) in [6, 6.07) is 10.4. The highest BCUT2D eigenvalue weighted by atomic mass is 16.5. The van der Waals surface area contributed by atoms with Gasteiger partial charge in [0.1, 0.15) is 11.6 Å². The minimum Gasteiger partial charge on any atom is -0.489 e. The molecular formula is C19H26N4O. The van der Waals surface area contributed by atoms with Gasteiger partial charge in [-0.25, -0.2) is 4.98 Å². The molecule has 5 heteroatoms. The van der Waals surface area contributed by atoms with Crippen LogP contribution in [-0.4, -0.2) is 22.1 Å². The van der Waals surface area contributed by atoms with Crippen LogP contribution in [0.3, 0.4) is 0 Å². The van der Waals surface area contributed by atoms with Crippen LogP contribution in [0.25, 0.3) is 0 Å². The Bertz CT molecular complexity index is 681. The lowest BCUT2D eigenvalue weighted by Crippen LogP contribution is -2.17. The van der Waals surface area contributed by atoms with E-state index in [0.29, 0.717) is 12.0 Å². The number of aryl methyl sites for hydroxylation is 1. The van der Waals surface area contributed by atoms with Gasteiger partial charge in [0.2, 0.25) is 5.95 Å². The van der Waals surface area contributed by atoms with Crippen molar-refractivity contribution >= 4 is 17.5 Å². The predicted molar refractivity (Wildman–Crippen MR) is 98.1 cm³/mol. The summed E-state index contributed by atoms with van der Waals surface area (Å²) in [5.41, 5.74) is 1.85. The second-order valence-electron chi connectivity index (χ2n) is 6.63. The molecule has 5 nitrogen and oxygen atoms in total. The number of anilines is 3. The maximum absolute atomic E-state index is 5.86. The Balaban J connectivity index is 1.78. The summed E-state index contributed by atoms with van der Waals surface area (Å²) in [7, 11) is 0. The highest BCUT2D eigenvalue weighted by molar-refractivity contribution is 5.64. The summed E-state index contributed by atoms with van der Waals surface area (Å²) in [5.74, 6) is 2.31. The van der Waals surface area contributed by atoms with Gasteiger partial charge in [-0.3, -0.25) is 0 Å². The molecule has 3 rings (SSSR count). The largest absolute Gasteiger partial charge is 0.489 e. The molecule has 1 aliphatic carbocycles. The molecule has 0 saturated heterocycles. The molecule has 1 saturated carbocycles. The van der Waals surface area contributed by atoms with E-state index in [-0.39, 0.29) is 6.10 Å². The van der Waals surface area contributed by atoms with Gasteiger partial charge in [-0.1, -0.05) is 25.0 Å². The van der Waals surface area contributed by atoms with E-state index in [9.17, 15) is 0 Å². The number of para-hydroxylation sites is 2. The van der Waals surface area contributed by atoms with E-state index in [0.717, 1.165) is 22.9 Å². The summed E-state index contributed by atoms with van der Waals surface area (Å²) < 4.78 is 5.86. The summed E-state index contributed by atoms with van der Waals surface area (Å²) >= 11 is 0. The zero-order valence-corrected chi connectivity index (χ0v) is 14.7. The molecule has 0 amide bonds. The number of benzene rings is 1. The third kappa shape index (κ3) is 4.37. The van der Waals surface area contributed by atoms with Crippen molar-refractivity contribution in [2.24, 2.45) is 0 Å². The number of hydrogen-bond donors (Lipinski definition) is 2. The minimum atomic E-state index is 0.125. The number of ether oxygens (including phenoxy) is 1. The maximum Gasteiger partial charge on any atom is 0.225 e. The first-order valence-corrected chi connectivity index (χ1v) is 8.75. The third-order valence-corrected chi connectivity index (χ3v) is 4.06. The predicted octanol–water partition coefficient (Wildman–Crippen LogP) is 4.67. The van der Waals surface area contributed by atoms with Gasteiger partial charge in [-0.2, -0.15) is 4.98 Å². The Morgan fingerprint density at radius 2 is 1.88 bits per heavy atom. The Kier molecular flexibility index (Phi) is 5.18. The fourth-order valence-electron chi connectivity index (χ4n) is 3.01. The average molecular weight is 326 g/mol.